The zero-order valence-electron chi connectivity index (χ0n) is 10.4. The third-order valence-electron chi connectivity index (χ3n) is 3.06. The van der Waals surface area contributed by atoms with E-state index in [0.29, 0.717) is 18.2 Å². The van der Waals surface area contributed by atoms with Gasteiger partial charge in [0.05, 0.1) is 24.3 Å². The van der Waals surface area contributed by atoms with Crippen LogP contribution in [0.5, 0.6) is 5.75 Å². The van der Waals surface area contributed by atoms with Crippen LogP contribution in [-0.2, 0) is 4.74 Å². The highest BCUT2D eigenvalue weighted by Crippen LogP contribution is 2.25. The predicted molar refractivity (Wildman–Crippen MR) is 69.0 cm³/mol. The summed E-state index contributed by atoms with van der Waals surface area (Å²) in [5.41, 5.74) is 0.278. The van der Waals surface area contributed by atoms with Crippen LogP contribution in [0.1, 0.15) is 24.2 Å². The number of halogens is 1. The lowest BCUT2D eigenvalue weighted by Crippen LogP contribution is -2.50. The molecule has 0 saturated carbocycles. The summed E-state index contributed by atoms with van der Waals surface area (Å²) in [5, 5.41) is 10.2. The Morgan fingerprint density at radius 1 is 1.50 bits per heavy atom. The number of aromatic hydroxyl groups is 1. The summed E-state index contributed by atoms with van der Waals surface area (Å²) in [7, 11) is 0. The molecular formula is C13H16ClNO3. The van der Waals surface area contributed by atoms with Gasteiger partial charge in [-0.05, 0) is 32.0 Å². The number of hydrogen-bond acceptors (Lipinski definition) is 3. The molecular weight excluding hydrogens is 254 g/mol. The summed E-state index contributed by atoms with van der Waals surface area (Å²) in [4.78, 5) is 14.1. The van der Waals surface area contributed by atoms with Crippen molar-refractivity contribution in [3.8, 4) is 5.75 Å². The molecule has 5 heteroatoms. The van der Waals surface area contributed by atoms with Gasteiger partial charge in [0, 0.05) is 11.6 Å². The summed E-state index contributed by atoms with van der Waals surface area (Å²) in [5.74, 6) is -0.273. The SMILES string of the molecule is CC1CN(C(=O)c2ccc(Cl)cc2O)C(C)CO1. The maximum atomic E-state index is 12.4. The number of morpholine rings is 1. The number of carbonyl (C=O) groups excluding carboxylic acids is 1. The van der Waals surface area contributed by atoms with E-state index in [0.717, 1.165) is 0 Å². The van der Waals surface area contributed by atoms with Crippen LogP contribution < -0.4 is 0 Å². The molecule has 0 radical (unpaired) electrons. The van der Waals surface area contributed by atoms with Crippen LogP contribution in [0.3, 0.4) is 0 Å². The van der Waals surface area contributed by atoms with Crippen LogP contribution in [0, 0.1) is 0 Å². The van der Waals surface area contributed by atoms with Crippen molar-refractivity contribution in [1.29, 1.82) is 0 Å². The Morgan fingerprint density at radius 3 is 2.89 bits per heavy atom. The largest absolute Gasteiger partial charge is 0.507 e. The molecule has 1 fully saturated rings. The number of amides is 1. The lowest BCUT2D eigenvalue weighted by molar-refractivity contribution is -0.0387. The molecule has 0 aliphatic carbocycles. The Balaban J connectivity index is 2.24. The summed E-state index contributed by atoms with van der Waals surface area (Å²) in [6.45, 7) is 4.90. The van der Waals surface area contributed by atoms with Crippen molar-refractivity contribution in [1.82, 2.24) is 4.90 Å². The Bertz CT molecular complexity index is 464. The van der Waals surface area contributed by atoms with E-state index in [-0.39, 0.29) is 29.4 Å². The Labute approximate surface area is 111 Å². The molecule has 1 amide bonds. The van der Waals surface area contributed by atoms with Crippen LogP contribution in [0.15, 0.2) is 18.2 Å². The first kappa shape index (κ1) is 13.2. The fourth-order valence-corrected chi connectivity index (χ4v) is 2.19. The standard InChI is InChI=1S/C13H16ClNO3/c1-8-7-18-9(2)6-15(8)13(17)11-4-3-10(14)5-12(11)16/h3-5,8-9,16H,6-7H2,1-2H3. The highest BCUT2D eigenvalue weighted by Gasteiger charge is 2.29. The monoisotopic (exact) mass is 269 g/mol. The van der Waals surface area contributed by atoms with Crippen LogP contribution in [0.2, 0.25) is 5.02 Å². The summed E-state index contributed by atoms with van der Waals surface area (Å²) >= 11 is 5.75. The summed E-state index contributed by atoms with van der Waals surface area (Å²) in [6, 6.07) is 4.53. The van der Waals surface area contributed by atoms with Gasteiger partial charge in [-0.1, -0.05) is 11.6 Å². The minimum absolute atomic E-state index is 0.00350. The fraction of sp³-hybridized carbons (Fsp3) is 0.462. The smallest absolute Gasteiger partial charge is 0.258 e. The van der Waals surface area contributed by atoms with Crippen LogP contribution >= 0.6 is 11.6 Å². The molecule has 2 unspecified atom stereocenters. The van der Waals surface area contributed by atoms with E-state index in [1.165, 1.54) is 6.07 Å². The van der Waals surface area contributed by atoms with Crippen molar-refractivity contribution in [2.45, 2.75) is 26.0 Å². The van der Waals surface area contributed by atoms with Gasteiger partial charge >= 0.3 is 0 Å². The van der Waals surface area contributed by atoms with Gasteiger partial charge in [0.1, 0.15) is 5.75 Å². The topological polar surface area (TPSA) is 49.8 Å². The number of ether oxygens (including phenoxy) is 1. The van der Waals surface area contributed by atoms with Gasteiger partial charge in [-0.15, -0.1) is 0 Å². The molecule has 0 aromatic heterocycles. The van der Waals surface area contributed by atoms with Gasteiger partial charge < -0.3 is 14.7 Å². The number of rotatable bonds is 1. The lowest BCUT2D eigenvalue weighted by Gasteiger charge is -2.36. The van der Waals surface area contributed by atoms with Crippen molar-refractivity contribution in [2.24, 2.45) is 0 Å². The first-order chi connectivity index (χ1) is 8.49. The quantitative estimate of drug-likeness (QED) is 0.851. The average molecular weight is 270 g/mol. The van der Waals surface area contributed by atoms with Gasteiger partial charge in [0.2, 0.25) is 0 Å². The molecule has 0 bridgehead atoms. The second-order valence-electron chi connectivity index (χ2n) is 4.61. The fourth-order valence-electron chi connectivity index (χ4n) is 2.03. The van der Waals surface area contributed by atoms with E-state index in [1.54, 1.807) is 17.0 Å². The van der Waals surface area contributed by atoms with Crippen molar-refractivity contribution < 1.29 is 14.6 Å². The molecule has 98 valence electrons. The molecule has 1 N–H and O–H groups in total. The molecule has 1 saturated heterocycles. The van der Waals surface area contributed by atoms with Gasteiger partial charge in [-0.25, -0.2) is 0 Å². The number of phenolic OH excluding ortho intramolecular Hbond substituents is 1. The first-order valence-corrected chi connectivity index (χ1v) is 6.28. The number of benzene rings is 1. The second kappa shape index (κ2) is 5.16. The van der Waals surface area contributed by atoms with Gasteiger partial charge in [0.15, 0.2) is 0 Å². The van der Waals surface area contributed by atoms with E-state index >= 15 is 0 Å². The van der Waals surface area contributed by atoms with E-state index < -0.39 is 0 Å². The molecule has 1 aromatic carbocycles. The molecule has 1 aliphatic rings. The zero-order chi connectivity index (χ0) is 13.3. The molecule has 1 aromatic rings. The zero-order valence-corrected chi connectivity index (χ0v) is 11.1. The van der Waals surface area contributed by atoms with Crippen molar-refractivity contribution >= 4 is 17.5 Å². The molecule has 18 heavy (non-hydrogen) atoms. The van der Waals surface area contributed by atoms with E-state index in [9.17, 15) is 9.90 Å². The normalized spacial score (nSPS) is 24.1. The van der Waals surface area contributed by atoms with Crippen LogP contribution in [0.4, 0.5) is 0 Å². The minimum Gasteiger partial charge on any atom is -0.507 e. The lowest BCUT2D eigenvalue weighted by atomic mass is 10.1. The summed E-state index contributed by atoms with van der Waals surface area (Å²) in [6.07, 6.45) is 0.0135. The third kappa shape index (κ3) is 2.60. The number of hydrogen-bond donors (Lipinski definition) is 1. The van der Waals surface area contributed by atoms with E-state index in [2.05, 4.69) is 0 Å². The number of nitrogens with zero attached hydrogens (tertiary/aromatic N) is 1. The van der Waals surface area contributed by atoms with Crippen LogP contribution in [-0.4, -0.2) is 41.2 Å². The predicted octanol–water partition coefficient (Wildman–Crippen LogP) is 2.29. The van der Waals surface area contributed by atoms with Crippen LogP contribution in [0.25, 0.3) is 0 Å². The Morgan fingerprint density at radius 2 is 2.22 bits per heavy atom. The molecule has 2 rings (SSSR count). The molecule has 2 atom stereocenters. The Kier molecular flexibility index (Phi) is 3.78. The average Bonchev–Trinajstić information content (AvgIpc) is 2.31. The van der Waals surface area contributed by atoms with E-state index in [4.69, 9.17) is 16.3 Å². The molecule has 1 aliphatic heterocycles. The number of phenols is 1. The van der Waals surface area contributed by atoms with Crippen molar-refractivity contribution in [3.05, 3.63) is 28.8 Å². The van der Waals surface area contributed by atoms with Gasteiger partial charge in [0.25, 0.3) is 5.91 Å². The van der Waals surface area contributed by atoms with Crippen molar-refractivity contribution in [2.75, 3.05) is 13.2 Å². The third-order valence-corrected chi connectivity index (χ3v) is 3.29. The van der Waals surface area contributed by atoms with E-state index in [1.807, 2.05) is 13.8 Å². The highest BCUT2D eigenvalue weighted by molar-refractivity contribution is 6.30. The maximum absolute atomic E-state index is 12.4. The van der Waals surface area contributed by atoms with Gasteiger partial charge in [-0.3, -0.25) is 4.79 Å². The second-order valence-corrected chi connectivity index (χ2v) is 5.05. The van der Waals surface area contributed by atoms with Gasteiger partial charge in [-0.2, -0.15) is 0 Å². The molecule has 0 spiro atoms. The minimum atomic E-state index is -0.188. The number of carbonyl (C=O) groups is 1. The van der Waals surface area contributed by atoms with Crippen molar-refractivity contribution in [3.63, 3.8) is 0 Å². The summed E-state index contributed by atoms with van der Waals surface area (Å²) < 4.78 is 5.48. The Hall–Kier alpha value is -1.26. The maximum Gasteiger partial charge on any atom is 0.258 e. The molecule has 4 nitrogen and oxygen atoms in total. The molecule has 1 heterocycles. The highest BCUT2D eigenvalue weighted by atomic mass is 35.5. The first-order valence-electron chi connectivity index (χ1n) is 5.90.